The summed E-state index contributed by atoms with van der Waals surface area (Å²) in [6.45, 7) is 5.34. The molecule has 0 aliphatic carbocycles. The molecule has 1 aliphatic rings. The number of aromatic nitrogens is 3. The molecule has 1 saturated heterocycles. The van der Waals surface area contributed by atoms with E-state index in [1.807, 2.05) is 6.92 Å². The quantitative estimate of drug-likeness (QED) is 0.280. The molecule has 0 saturated carbocycles. The van der Waals surface area contributed by atoms with Gasteiger partial charge >= 0.3 is 6.18 Å². The molecular weight excluding hydrogens is 566 g/mol. The number of fused-ring (bicyclic) bond motifs is 1. The van der Waals surface area contributed by atoms with Gasteiger partial charge in [-0.15, -0.1) is 0 Å². The van der Waals surface area contributed by atoms with Gasteiger partial charge < -0.3 is 15.0 Å². The van der Waals surface area contributed by atoms with Crippen molar-refractivity contribution in [3.8, 4) is 11.4 Å². The van der Waals surface area contributed by atoms with E-state index >= 15 is 0 Å². The molecule has 1 N–H and O–H groups in total. The molecule has 3 heterocycles. The second kappa shape index (κ2) is 12.5. The minimum Gasteiger partial charge on any atom is -0.494 e. The third-order valence-corrected chi connectivity index (χ3v) is 7.55. The Kier molecular flexibility index (Phi) is 8.77. The SMILES string of the molecule is CCOc1ccc(-n2c([C@@H](C)N(C(=O)Cc3ccc(F)c(C(F)(F)F)c3)C3CCNCC3)nc3ncccc3c2=O)cc1. The number of hydrogen-bond donors (Lipinski definition) is 1. The standard InChI is InChI=1S/C31H31F4N5O3/c1-3-43-23-9-7-21(8-10-23)40-29(38-28-24(30(40)42)5-4-14-37-28)19(2)39(22-12-15-36-16-13-22)27(41)18-20-6-11-26(32)25(17-20)31(33,34)35/h4-11,14,17,19,22,36H,3,12-13,15-16,18H2,1-2H3/t19-/m1/s1. The highest BCUT2D eigenvalue weighted by molar-refractivity contribution is 5.80. The number of amides is 1. The van der Waals surface area contributed by atoms with Crippen LogP contribution in [0.3, 0.4) is 0 Å². The van der Waals surface area contributed by atoms with Crippen LogP contribution in [0, 0.1) is 5.82 Å². The van der Waals surface area contributed by atoms with Crippen LogP contribution in [0.5, 0.6) is 5.75 Å². The molecule has 12 heteroatoms. The number of nitrogens with zero attached hydrogens (tertiary/aromatic N) is 4. The van der Waals surface area contributed by atoms with Crippen LogP contribution >= 0.6 is 0 Å². The average molecular weight is 598 g/mol. The maximum absolute atomic E-state index is 14.0. The molecule has 1 amide bonds. The van der Waals surface area contributed by atoms with Crippen molar-refractivity contribution < 1.29 is 27.1 Å². The number of carbonyl (C=O) groups excluding carboxylic acids is 1. The van der Waals surface area contributed by atoms with E-state index in [9.17, 15) is 27.2 Å². The smallest absolute Gasteiger partial charge is 0.419 e. The Morgan fingerprint density at radius 1 is 1.14 bits per heavy atom. The maximum atomic E-state index is 14.0. The molecule has 226 valence electrons. The zero-order valence-electron chi connectivity index (χ0n) is 23.7. The molecule has 0 bridgehead atoms. The molecule has 5 rings (SSSR count). The fraction of sp³-hybridized carbons (Fsp3) is 0.355. The van der Waals surface area contributed by atoms with Crippen LogP contribution in [-0.4, -0.2) is 51.1 Å². The van der Waals surface area contributed by atoms with Gasteiger partial charge in [0.2, 0.25) is 5.91 Å². The predicted molar refractivity (Wildman–Crippen MR) is 153 cm³/mol. The van der Waals surface area contributed by atoms with Gasteiger partial charge in [-0.05, 0) is 93.9 Å². The predicted octanol–water partition coefficient (Wildman–Crippen LogP) is 5.22. The summed E-state index contributed by atoms with van der Waals surface area (Å²) in [5.74, 6) is -0.997. The number of carbonyl (C=O) groups is 1. The average Bonchev–Trinajstić information content (AvgIpc) is 2.99. The summed E-state index contributed by atoms with van der Waals surface area (Å²) < 4.78 is 61.2. The molecule has 2 aromatic heterocycles. The van der Waals surface area contributed by atoms with Crippen molar-refractivity contribution >= 4 is 16.9 Å². The molecule has 0 unspecified atom stereocenters. The minimum atomic E-state index is -4.90. The Morgan fingerprint density at radius 3 is 2.53 bits per heavy atom. The first kappa shape index (κ1) is 30.1. The first-order chi connectivity index (χ1) is 20.6. The zero-order chi connectivity index (χ0) is 30.7. The number of piperidine rings is 1. The van der Waals surface area contributed by atoms with Crippen molar-refractivity contribution in [3.63, 3.8) is 0 Å². The number of benzene rings is 2. The summed E-state index contributed by atoms with van der Waals surface area (Å²) in [6, 6.07) is 11.7. The van der Waals surface area contributed by atoms with E-state index in [0.29, 0.717) is 50.0 Å². The van der Waals surface area contributed by atoms with E-state index in [0.717, 1.165) is 6.07 Å². The van der Waals surface area contributed by atoms with Gasteiger partial charge in [0.15, 0.2) is 5.65 Å². The number of alkyl halides is 3. The van der Waals surface area contributed by atoms with Crippen molar-refractivity contribution in [3.05, 3.63) is 93.9 Å². The number of ether oxygens (including phenoxy) is 1. The van der Waals surface area contributed by atoms with Crippen molar-refractivity contribution in [1.82, 2.24) is 24.8 Å². The lowest BCUT2D eigenvalue weighted by Crippen LogP contribution is -2.48. The minimum absolute atomic E-state index is 0.0295. The molecule has 0 spiro atoms. The molecule has 1 fully saturated rings. The van der Waals surface area contributed by atoms with E-state index in [2.05, 4.69) is 10.3 Å². The molecule has 8 nitrogen and oxygen atoms in total. The number of hydrogen-bond acceptors (Lipinski definition) is 6. The van der Waals surface area contributed by atoms with E-state index in [1.54, 1.807) is 48.2 Å². The normalized spacial score (nSPS) is 14.9. The van der Waals surface area contributed by atoms with Gasteiger partial charge in [-0.1, -0.05) is 6.07 Å². The van der Waals surface area contributed by atoms with Crippen molar-refractivity contribution in [2.24, 2.45) is 0 Å². The number of pyridine rings is 1. The lowest BCUT2D eigenvalue weighted by atomic mass is 9.99. The zero-order valence-corrected chi connectivity index (χ0v) is 23.7. The second-order valence-corrected chi connectivity index (χ2v) is 10.4. The maximum Gasteiger partial charge on any atom is 0.419 e. The van der Waals surface area contributed by atoms with Crippen LogP contribution in [-0.2, 0) is 17.4 Å². The first-order valence-corrected chi connectivity index (χ1v) is 14.1. The molecule has 1 aliphatic heterocycles. The second-order valence-electron chi connectivity index (χ2n) is 10.4. The topological polar surface area (TPSA) is 89.3 Å². The lowest BCUT2D eigenvalue weighted by Gasteiger charge is -2.39. The number of nitrogens with one attached hydrogen (secondary N) is 1. The van der Waals surface area contributed by atoms with Crippen LogP contribution in [0.25, 0.3) is 16.7 Å². The highest BCUT2D eigenvalue weighted by atomic mass is 19.4. The largest absolute Gasteiger partial charge is 0.494 e. The van der Waals surface area contributed by atoms with Crippen molar-refractivity contribution in [2.75, 3.05) is 19.7 Å². The van der Waals surface area contributed by atoms with Crippen molar-refractivity contribution in [1.29, 1.82) is 0 Å². The molecule has 43 heavy (non-hydrogen) atoms. The third kappa shape index (κ3) is 6.38. The Labute approximate surface area is 245 Å². The summed E-state index contributed by atoms with van der Waals surface area (Å²) in [6.07, 6.45) is -2.59. The Balaban J connectivity index is 1.60. The van der Waals surface area contributed by atoms with Crippen LogP contribution < -0.4 is 15.6 Å². The molecule has 1 atom stereocenters. The van der Waals surface area contributed by atoms with E-state index in [4.69, 9.17) is 9.72 Å². The van der Waals surface area contributed by atoms with Gasteiger partial charge in [0.1, 0.15) is 17.4 Å². The Hall–Kier alpha value is -4.32. The summed E-state index contributed by atoms with van der Waals surface area (Å²) in [4.78, 5) is 38.5. The molecule has 4 aromatic rings. The summed E-state index contributed by atoms with van der Waals surface area (Å²) >= 11 is 0. The van der Waals surface area contributed by atoms with Gasteiger partial charge in [-0.25, -0.2) is 14.4 Å². The van der Waals surface area contributed by atoms with Gasteiger partial charge in [0.25, 0.3) is 5.56 Å². The monoisotopic (exact) mass is 597 g/mol. The van der Waals surface area contributed by atoms with Gasteiger partial charge in [0.05, 0.1) is 35.7 Å². The number of halogens is 4. The Bertz CT molecular complexity index is 1670. The summed E-state index contributed by atoms with van der Waals surface area (Å²) in [7, 11) is 0. The van der Waals surface area contributed by atoms with E-state index in [-0.39, 0.29) is 34.0 Å². The third-order valence-electron chi connectivity index (χ3n) is 7.55. The Morgan fingerprint density at radius 2 is 1.86 bits per heavy atom. The van der Waals surface area contributed by atoms with E-state index < -0.39 is 35.9 Å². The van der Waals surface area contributed by atoms with Crippen LogP contribution in [0.2, 0.25) is 0 Å². The fourth-order valence-corrected chi connectivity index (χ4v) is 5.53. The van der Waals surface area contributed by atoms with Gasteiger partial charge in [-0.3, -0.25) is 14.2 Å². The fourth-order valence-electron chi connectivity index (χ4n) is 5.53. The van der Waals surface area contributed by atoms with Gasteiger partial charge in [0, 0.05) is 12.2 Å². The van der Waals surface area contributed by atoms with Crippen molar-refractivity contribution in [2.45, 2.75) is 51.4 Å². The highest BCUT2D eigenvalue weighted by Gasteiger charge is 2.36. The molecular formula is C31H31F4N5O3. The molecule has 0 radical (unpaired) electrons. The first-order valence-electron chi connectivity index (χ1n) is 14.1. The molecule has 2 aromatic carbocycles. The van der Waals surface area contributed by atoms with Crippen LogP contribution in [0.15, 0.2) is 65.6 Å². The highest BCUT2D eigenvalue weighted by Crippen LogP contribution is 2.33. The summed E-state index contributed by atoms with van der Waals surface area (Å²) in [5, 5.41) is 3.55. The summed E-state index contributed by atoms with van der Waals surface area (Å²) in [5.41, 5.74) is -1.06. The number of rotatable bonds is 8. The van der Waals surface area contributed by atoms with E-state index in [1.165, 1.54) is 16.8 Å². The van der Waals surface area contributed by atoms with Crippen LogP contribution in [0.4, 0.5) is 17.6 Å². The van der Waals surface area contributed by atoms with Gasteiger partial charge in [-0.2, -0.15) is 13.2 Å². The lowest BCUT2D eigenvalue weighted by molar-refractivity contribution is -0.140. The van der Waals surface area contributed by atoms with Crippen LogP contribution in [0.1, 0.15) is 49.7 Å².